The van der Waals surface area contributed by atoms with Gasteiger partial charge in [0.1, 0.15) is 5.82 Å². The Morgan fingerprint density at radius 2 is 2.08 bits per heavy atom. The first-order valence-electron chi connectivity index (χ1n) is 3.80. The third kappa shape index (κ3) is 2.08. The number of aryl methyl sites for hydroxylation is 1. The summed E-state index contributed by atoms with van der Waals surface area (Å²) in [6, 6.07) is 0. The number of rotatable bonds is 3. The van der Waals surface area contributed by atoms with Gasteiger partial charge in [-0.25, -0.2) is 4.98 Å². The van der Waals surface area contributed by atoms with E-state index in [1.807, 2.05) is 18.9 Å². The van der Waals surface area contributed by atoms with E-state index >= 15 is 0 Å². The van der Waals surface area contributed by atoms with Gasteiger partial charge in [-0.05, 0) is 6.92 Å². The molecule has 0 spiro atoms. The molecule has 1 rings (SSSR count). The van der Waals surface area contributed by atoms with Crippen molar-refractivity contribution in [2.75, 3.05) is 24.4 Å². The van der Waals surface area contributed by atoms with Crippen LogP contribution in [0.5, 0.6) is 0 Å². The number of alkyl halides is 1. The second-order valence-corrected chi connectivity index (χ2v) is 2.95. The van der Waals surface area contributed by atoms with Gasteiger partial charge in [0.2, 0.25) is 0 Å². The van der Waals surface area contributed by atoms with Crippen LogP contribution in [0.3, 0.4) is 0 Å². The van der Waals surface area contributed by atoms with E-state index in [4.69, 9.17) is 11.6 Å². The molecule has 0 unspecified atom stereocenters. The first kappa shape index (κ1) is 9.26. The van der Waals surface area contributed by atoms with E-state index in [2.05, 4.69) is 9.97 Å². The Labute approximate surface area is 77.4 Å². The third-order valence-electron chi connectivity index (χ3n) is 1.64. The molecule has 1 aromatic rings. The quantitative estimate of drug-likeness (QED) is 0.668. The molecule has 4 heteroatoms. The lowest BCUT2D eigenvalue weighted by Gasteiger charge is -2.17. The van der Waals surface area contributed by atoms with Crippen molar-refractivity contribution in [2.45, 2.75) is 6.92 Å². The van der Waals surface area contributed by atoms with Gasteiger partial charge in [0.15, 0.2) is 0 Å². The van der Waals surface area contributed by atoms with Crippen LogP contribution in [0, 0.1) is 6.92 Å². The number of aromatic nitrogens is 2. The Bertz CT molecular complexity index is 252. The normalized spacial score (nSPS) is 9.92. The molecule has 0 saturated heterocycles. The summed E-state index contributed by atoms with van der Waals surface area (Å²) in [5, 5.41) is 0. The highest BCUT2D eigenvalue weighted by Crippen LogP contribution is 2.10. The molecule has 0 amide bonds. The molecule has 0 radical (unpaired) electrons. The molecule has 0 aromatic carbocycles. The van der Waals surface area contributed by atoms with Gasteiger partial charge in [0.25, 0.3) is 0 Å². The first-order chi connectivity index (χ1) is 5.75. The molecule has 0 saturated carbocycles. The summed E-state index contributed by atoms with van der Waals surface area (Å²) in [7, 11) is 1.96. The molecular formula is C8H12ClN3. The zero-order valence-corrected chi connectivity index (χ0v) is 8.04. The molecule has 0 atom stereocenters. The van der Waals surface area contributed by atoms with Crippen LogP contribution < -0.4 is 4.90 Å². The predicted molar refractivity (Wildman–Crippen MR) is 50.8 cm³/mol. The molecule has 1 aromatic heterocycles. The number of nitrogens with zero attached hydrogens (tertiary/aromatic N) is 3. The van der Waals surface area contributed by atoms with Gasteiger partial charge in [0, 0.05) is 31.9 Å². The largest absolute Gasteiger partial charge is 0.357 e. The van der Waals surface area contributed by atoms with Crippen LogP contribution in [-0.2, 0) is 0 Å². The lowest BCUT2D eigenvalue weighted by atomic mass is 10.4. The summed E-state index contributed by atoms with van der Waals surface area (Å²) in [5.74, 6) is 1.50. The van der Waals surface area contributed by atoms with Gasteiger partial charge in [-0.2, -0.15) is 0 Å². The number of hydrogen-bond acceptors (Lipinski definition) is 3. The standard InChI is InChI=1S/C8H12ClN3/c1-7-8(11-5-4-10-7)12(2)6-3-9/h4-5H,3,6H2,1-2H3. The maximum Gasteiger partial charge on any atom is 0.149 e. The molecule has 0 aliphatic heterocycles. The molecule has 0 aliphatic carbocycles. The fraction of sp³-hybridized carbons (Fsp3) is 0.500. The van der Waals surface area contributed by atoms with Crippen LogP contribution in [0.25, 0.3) is 0 Å². The summed E-state index contributed by atoms with van der Waals surface area (Å²) < 4.78 is 0. The molecule has 0 N–H and O–H groups in total. The Hall–Kier alpha value is -0.830. The van der Waals surface area contributed by atoms with Gasteiger partial charge in [-0.1, -0.05) is 0 Å². The van der Waals surface area contributed by atoms with E-state index in [-0.39, 0.29) is 0 Å². The van der Waals surface area contributed by atoms with E-state index in [9.17, 15) is 0 Å². The summed E-state index contributed by atoms with van der Waals surface area (Å²) in [6.45, 7) is 2.73. The van der Waals surface area contributed by atoms with E-state index in [1.54, 1.807) is 12.4 Å². The number of hydrogen-bond donors (Lipinski definition) is 0. The fourth-order valence-corrected chi connectivity index (χ4v) is 1.26. The minimum atomic E-state index is 0.604. The average Bonchev–Trinajstić information content (AvgIpc) is 2.05. The average molecular weight is 186 g/mol. The molecule has 0 aliphatic rings. The summed E-state index contributed by atoms with van der Waals surface area (Å²) >= 11 is 5.61. The molecule has 1 heterocycles. The summed E-state index contributed by atoms with van der Waals surface area (Å²) in [5.41, 5.74) is 0.935. The zero-order valence-electron chi connectivity index (χ0n) is 7.29. The van der Waals surface area contributed by atoms with E-state index in [1.165, 1.54) is 0 Å². The first-order valence-corrected chi connectivity index (χ1v) is 4.34. The number of halogens is 1. The molecular weight excluding hydrogens is 174 g/mol. The maximum absolute atomic E-state index is 5.61. The van der Waals surface area contributed by atoms with E-state index in [0.29, 0.717) is 5.88 Å². The summed E-state index contributed by atoms with van der Waals surface area (Å²) in [4.78, 5) is 10.3. The van der Waals surface area contributed by atoms with Gasteiger partial charge in [-0.15, -0.1) is 11.6 Å². The number of anilines is 1. The van der Waals surface area contributed by atoms with Crippen molar-refractivity contribution in [3.05, 3.63) is 18.1 Å². The Morgan fingerprint density at radius 3 is 2.67 bits per heavy atom. The molecule has 0 bridgehead atoms. The molecule has 12 heavy (non-hydrogen) atoms. The SMILES string of the molecule is Cc1nccnc1N(C)CCCl. The van der Waals surface area contributed by atoms with Gasteiger partial charge in [0.05, 0.1) is 5.69 Å². The zero-order chi connectivity index (χ0) is 8.97. The van der Waals surface area contributed by atoms with Gasteiger partial charge in [-0.3, -0.25) is 4.98 Å². The van der Waals surface area contributed by atoms with Crippen LogP contribution in [0.1, 0.15) is 5.69 Å². The fourth-order valence-electron chi connectivity index (χ4n) is 1.01. The van der Waals surface area contributed by atoms with Crippen LogP contribution in [0.15, 0.2) is 12.4 Å². The predicted octanol–water partition coefficient (Wildman–Crippen LogP) is 1.46. The Kier molecular flexibility index (Phi) is 3.29. The smallest absolute Gasteiger partial charge is 0.149 e. The van der Waals surface area contributed by atoms with Crippen molar-refractivity contribution in [1.82, 2.24) is 9.97 Å². The minimum absolute atomic E-state index is 0.604. The van der Waals surface area contributed by atoms with Crippen molar-refractivity contribution in [1.29, 1.82) is 0 Å². The summed E-state index contributed by atoms with van der Waals surface area (Å²) in [6.07, 6.45) is 3.38. The van der Waals surface area contributed by atoms with Crippen molar-refractivity contribution in [3.63, 3.8) is 0 Å². The molecule has 0 fully saturated rings. The van der Waals surface area contributed by atoms with Gasteiger partial charge < -0.3 is 4.90 Å². The van der Waals surface area contributed by atoms with Crippen LogP contribution in [0.2, 0.25) is 0 Å². The van der Waals surface area contributed by atoms with Crippen LogP contribution in [0.4, 0.5) is 5.82 Å². The van der Waals surface area contributed by atoms with Crippen molar-refractivity contribution in [3.8, 4) is 0 Å². The highest BCUT2D eigenvalue weighted by molar-refractivity contribution is 6.18. The second-order valence-electron chi connectivity index (χ2n) is 2.58. The highest BCUT2D eigenvalue weighted by atomic mass is 35.5. The van der Waals surface area contributed by atoms with E-state index in [0.717, 1.165) is 18.1 Å². The molecule has 3 nitrogen and oxygen atoms in total. The van der Waals surface area contributed by atoms with Crippen molar-refractivity contribution >= 4 is 17.4 Å². The van der Waals surface area contributed by atoms with Crippen molar-refractivity contribution < 1.29 is 0 Å². The van der Waals surface area contributed by atoms with Crippen LogP contribution >= 0.6 is 11.6 Å². The second kappa shape index (κ2) is 4.26. The monoisotopic (exact) mass is 185 g/mol. The lowest BCUT2D eigenvalue weighted by molar-refractivity contribution is 0.916. The van der Waals surface area contributed by atoms with Crippen LogP contribution in [-0.4, -0.2) is 29.4 Å². The van der Waals surface area contributed by atoms with Crippen molar-refractivity contribution in [2.24, 2.45) is 0 Å². The maximum atomic E-state index is 5.61. The topological polar surface area (TPSA) is 29.0 Å². The molecule has 66 valence electrons. The Morgan fingerprint density at radius 1 is 1.42 bits per heavy atom. The highest BCUT2D eigenvalue weighted by Gasteiger charge is 2.04. The lowest BCUT2D eigenvalue weighted by Crippen LogP contribution is -2.21. The van der Waals surface area contributed by atoms with Gasteiger partial charge >= 0.3 is 0 Å². The third-order valence-corrected chi connectivity index (χ3v) is 1.81. The Balaban J connectivity index is 2.79. The van der Waals surface area contributed by atoms with E-state index < -0.39 is 0 Å². The minimum Gasteiger partial charge on any atom is -0.357 e.